The van der Waals surface area contributed by atoms with Crippen LogP contribution in [0, 0.1) is 10.1 Å². The molecule has 0 radical (unpaired) electrons. The van der Waals surface area contributed by atoms with Crippen molar-refractivity contribution in [2.24, 2.45) is 0 Å². The van der Waals surface area contributed by atoms with Crippen molar-refractivity contribution in [2.45, 2.75) is 23.8 Å². The van der Waals surface area contributed by atoms with E-state index in [2.05, 4.69) is 10.0 Å². The second-order valence-corrected chi connectivity index (χ2v) is 6.05. The Hall–Kier alpha value is -1.51. The first kappa shape index (κ1) is 13.9. The van der Waals surface area contributed by atoms with Crippen LogP contribution < -0.4 is 10.0 Å². The highest BCUT2D eigenvalue weighted by molar-refractivity contribution is 7.89. The normalized spacial score (nSPS) is 17.3. The van der Waals surface area contributed by atoms with Gasteiger partial charge in [-0.1, -0.05) is 12.1 Å². The van der Waals surface area contributed by atoms with Crippen molar-refractivity contribution < 1.29 is 13.3 Å². The van der Waals surface area contributed by atoms with Crippen LogP contribution in [0.4, 0.5) is 5.69 Å². The van der Waals surface area contributed by atoms with Gasteiger partial charge in [0, 0.05) is 12.1 Å². The third-order valence-corrected chi connectivity index (χ3v) is 4.58. The summed E-state index contributed by atoms with van der Waals surface area (Å²) < 4.78 is 26.9. The van der Waals surface area contributed by atoms with Crippen molar-refractivity contribution in [3.05, 3.63) is 34.4 Å². The number of rotatable bonds is 4. The van der Waals surface area contributed by atoms with Crippen molar-refractivity contribution in [1.82, 2.24) is 10.0 Å². The molecule has 0 bridgehead atoms. The second-order valence-electron chi connectivity index (χ2n) is 4.37. The molecule has 0 aliphatic carbocycles. The Kier molecular flexibility index (Phi) is 4.13. The van der Waals surface area contributed by atoms with Gasteiger partial charge < -0.3 is 5.32 Å². The Bertz CT molecular complexity index is 567. The first-order valence-corrected chi connectivity index (χ1v) is 7.45. The van der Waals surface area contributed by atoms with Gasteiger partial charge in [-0.3, -0.25) is 10.1 Å². The van der Waals surface area contributed by atoms with Crippen molar-refractivity contribution in [3.63, 3.8) is 0 Å². The fraction of sp³-hybridized carbons (Fsp3) is 0.455. The first-order chi connectivity index (χ1) is 9.00. The SMILES string of the molecule is O=[N+]([O-])c1ccccc1S(=O)(=O)NC1CCNCC1. The van der Waals surface area contributed by atoms with Crippen LogP contribution in [-0.2, 0) is 10.0 Å². The number of hydrogen-bond donors (Lipinski definition) is 2. The zero-order valence-corrected chi connectivity index (χ0v) is 11.0. The minimum atomic E-state index is -3.86. The average molecular weight is 285 g/mol. The van der Waals surface area contributed by atoms with Crippen LogP contribution in [0.5, 0.6) is 0 Å². The molecule has 1 aliphatic rings. The molecule has 0 unspecified atom stereocenters. The van der Waals surface area contributed by atoms with E-state index in [9.17, 15) is 18.5 Å². The van der Waals surface area contributed by atoms with Crippen molar-refractivity contribution >= 4 is 15.7 Å². The van der Waals surface area contributed by atoms with E-state index >= 15 is 0 Å². The van der Waals surface area contributed by atoms with Crippen molar-refractivity contribution in [2.75, 3.05) is 13.1 Å². The van der Waals surface area contributed by atoms with Gasteiger partial charge in [-0.15, -0.1) is 0 Å². The number of hydrogen-bond acceptors (Lipinski definition) is 5. The number of nitrogens with one attached hydrogen (secondary N) is 2. The lowest BCUT2D eigenvalue weighted by Gasteiger charge is -2.23. The number of para-hydroxylation sites is 1. The summed E-state index contributed by atoms with van der Waals surface area (Å²) in [6.07, 6.45) is 1.36. The van der Waals surface area contributed by atoms with Gasteiger partial charge in [0.15, 0.2) is 4.90 Å². The van der Waals surface area contributed by atoms with Crippen LogP contribution in [0.25, 0.3) is 0 Å². The van der Waals surface area contributed by atoms with Gasteiger partial charge >= 0.3 is 0 Å². The Morgan fingerprint density at radius 2 is 1.89 bits per heavy atom. The highest BCUT2D eigenvalue weighted by atomic mass is 32.2. The van der Waals surface area contributed by atoms with Crippen LogP contribution in [-0.4, -0.2) is 32.5 Å². The van der Waals surface area contributed by atoms with Crippen molar-refractivity contribution in [3.8, 4) is 0 Å². The van der Waals surface area contributed by atoms with Crippen LogP contribution in [0.3, 0.4) is 0 Å². The molecule has 1 aliphatic heterocycles. The maximum atomic E-state index is 12.2. The quantitative estimate of drug-likeness (QED) is 0.624. The molecular weight excluding hydrogens is 270 g/mol. The number of benzene rings is 1. The molecule has 0 atom stereocenters. The maximum absolute atomic E-state index is 12.2. The Labute approximate surface area is 111 Å². The standard InChI is InChI=1S/C11H15N3O4S/c15-14(16)10-3-1-2-4-11(10)19(17,18)13-9-5-7-12-8-6-9/h1-4,9,12-13H,5-8H2. The minimum absolute atomic E-state index is 0.175. The fourth-order valence-electron chi connectivity index (χ4n) is 2.06. The van der Waals surface area contributed by atoms with Crippen LogP contribution in [0.2, 0.25) is 0 Å². The zero-order chi connectivity index (χ0) is 13.9. The predicted molar refractivity (Wildman–Crippen MR) is 69.3 cm³/mol. The molecule has 0 saturated carbocycles. The van der Waals surface area contributed by atoms with Crippen LogP contribution in [0.15, 0.2) is 29.2 Å². The molecule has 8 heteroatoms. The molecule has 1 aromatic carbocycles. The van der Waals surface area contributed by atoms with Crippen molar-refractivity contribution in [1.29, 1.82) is 0 Å². The summed E-state index contributed by atoms with van der Waals surface area (Å²) in [5.74, 6) is 0. The summed E-state index contributed by atoms with van der Waals surface area (Å²) in [5, 5.41) is 14.0. The number of piperidine rings is 1. The summed E-state index contributed by atoms with van der Waals surface area (Å²) >= 11 is 0. The molecule has 2 N–H and O–H groups in total. The number of nitro groups is 1. The number of nitrogens with zero attached hydrogens (tertiary/aromatic N) is 1. The topological polar surface area (TPSA) is 101 Å². The van der Waals surface area contributed by atoms with E-state index in [1.807, 2.05) is 0 Å². The molecule has 19 heavy (non-hydrogen) atoms. The summed E-state index contributed by atoms with van der Waals surface area (Å²) in [5.41, 5.74) is -0.399. The molecule has 0 amide bonds. The minimum Gasteiger partial charge on any atom is -0.317 e. The van der Waals surface area contributed by atoms with Gasteiger partial charge in [0.1, 0.15) is 0 Å². The molecule has 1 heterocycles. The van der Waals surface area contributed by atoms with Crippen LogP contribution >= 0.6 is 0 Å². The molecule has 7 nitrogen and oxygen atoms in total. The molecular formula is C11H15N3O4S. The summed E-state index contributed by atoms with van der Waals surface area (Å²) in [6.45, 7) is 1.48. The molecule has 104 valence electrons. The smallest absolute Gasteiger partial charge is 0.289 e. The Morgan fingerprint density at radius 1 is 1.26 bits per heavy atom. The highest BCUT2D eigenvalue weighted by Gasteiger charge is 2.28. The summed E-state index contributed by atoms with van der Waals surface area (Å²) in [7, 11) is -3.86. The van der Waals surface area contributed by atoms with E-state index in [-0.39, 0.29) is 10.9 Å². The zero-order valence-electron chi connectivity index (χ0n) is 10.2. The lowest BCUT2D eigenvalue weighted by Crippen LogP contribution is -2.42. The van der Waals surface area contributed by atoms with E-state index in [0.717, 1.165) is 13.1 Å². The first-order valence-electron chi connectivity index (χ1n) is 5.97. The lowest BCUT2D eigenvalue weighted by molar-refractivity contribution is -0.387. The maximum Gasteiger partial charge on any atom is 0.289 e. The molecule has 2 rings (SSSR count). The molecule has 0 aromatic heterocycles. The van der Waals surface area contributed by atoms with Crippen LogP contribution in [0.1, 0.15) is 12.8 Å². The van der Waals surface area contributed by atoms with E-state index in [1.54, 1.807) is 0 Å². The van der Waals surface area contributed by atoms with Gasteiger partial charge in [-0.05, 0) is 32.0 Å². The van der Waals surface area contributed by atoms with Gasteiger partial charge in [-0.2, -0.15) is 0 Å². The van der Waals surface area contributed by atoms with Gasteiger partial charge in [-0.25, -0.2) is 13.1 Å². The Balaban J connectivity index is 2.26. The lowest BCUT2D eigenvalue weighted by atomic mass is 10.1. The van der Waals surface area contributed by atoms with Gasteiger partial charge in [0.2, 0.25) is 10.0 Å². The monoisotopic (exact) mass is 285 g/mol. The largest absolute Gasteiger partial charge is 0.317 e. The number of nitro benzene ring substituents is 1. The molecule has 0 spiro atoms. The summed E-state index contributed by atoms with van der Waals surface area (Å²) in [6, 6.07) is 5.19. The second kappa shape index (κ2) is 5.64. The van der Waals surface area contributed by atoms with Gasteiger partial charge in [0.05, 0.1) is 4.92 Å². The van der Waals surface area contributed by atoms with Gasteiger partial charge in [0.25, 0.3) is 5.69 Å². The van der Waals surface area contributed by atoms with E-state index in [4.69, 9.17) is 0 Å². The Morgan fingerprint density at radius 3 is 2.53 bits per heavy atom. The third kappa shape index (κ3) is 3.28. The third-order valence-electron chi connectivity index (χ3n) is 3.01. The predicted octanol–water partition coefficient (Wildman–Crippen LogP) is 0.625. The van der Waals surface area contributed by atoms with E-state index in [0.29, 0.717) is 12.8 Å². The fourth-order valence-corrected chi connectivity index (χ4v) is 3.54. The van der Waals surface area contributed by atoms with E-state index in [1.165, 1.54) is 24.3 Å². The molecule has 1 fully saturated rings. The molecule has 1 aromatic rings. The highest BCUT2D eigenvalue weighted by Crippen LogP contribution is 2.23. The average Bonchev–Trinajstić information content (AvgIpc) is 2.39. The number of sulfonamides is 1. The van der Waals surface area contributed by atoms with E-state index < -0.39 is 20.6 Å². The molecule has 1 saturated heterocycles. The summed E-state index contributed by atoms with van der Waals surface area (Å²) in [4.78, 5) is 9.90.